The van der Waals surface area contributed by atoms with Gasteiger partial charge in [0.1, 0.15) is 5.82 Å². The Balaban J connectivity index is 1.40. The summed E-state index contributed by atoms with van der Waals surface area (Å²) in [5, 5.41) is 4.22. The predicted molar refractivity (Wildman–Crippen MR) is 146 cm³/mol. The molecule has 178 valence electrons. The second-order valence-corrected chi connectivity index (χ2v) is 9.92. The van der Waals surface area contributed by atoms with Crippen molar-refractivity contribution in [3.05, 3.63) is 106 Å². The number of hydrogen-bond acceptors (Lipinski definition) is 5. The van der Waals surface area contributed by atoms with Crippen LogP contribution in [0.15, 0.2) is 72.2 Å². The Morgan fingerprint density at radius 3 is 2.80 bits per heavy atom. The Morgan fingerprint density at radius 1 is 1.17 bits per heavy atom. The molecule has 4 heterocycles. The van der Waals surface area contributed by atoms with E-state index in [0.29, 0.717) is 6.42 Å². The number of likely N-dealkylation sites (tertiary alicyclic amines) is 1. The fraction of sp³-hybridized carbons (Fsp3) is 0.241. The van der Waals surface area contributed by atoms with Crippen LogP contribution >= 0.6 is 11.3 Å². The SMILES string of the molecule is C=C/C=C(/c1ccsc1)c1nc(Cc2cc(-c3cncc(CN4CCCC4)c3)ccc2N)[nH]c1C. The minimum absolute atomic E-state index is 0.631. The van der Waals surface area contributed by atoms with Gasteiger partial charge in [-0.1, -0.05) is 24.8 Å². The van der Waals surface area contributed by atoms with Crippen LogP contribution in [0.2, 0.25) is 0 Å². The van der Waals surface area contributed by atoms with Gasteiger partial charge in [0.05, 0.1) is 5.69 Å². The second kappa shape index (κ2) is 10.4. The van der Waals surface area contributed by atoms with Crippen LogP contribution in [-0.2, 0) is 13.0 Å². The number of H-pyrrole nitrogens is 1. The molecule has 6 heteroatoms. The van der Waals surface area contributed by atoms with Crippen molar-refractivity contribution in [1.29, 1.82) is 0 Å². The van der Waals surface area contributed by atoms with Crippen LogP contribution in [-0.4, -0.2) is 32.9 Å². The number of aromatic nitrogens is 3. The van der Waals surface area contributed by atoms with Gasteiger partial charge in [0.15, 0.2) is 0 Å². The van der Waals surface area contributed by atoms with Gasteiger partial charge in [0.25, 0.3) is 0 Å². The molecule has 0 atom stereocenters. The zero-order chi connectivity index (χ0) is 24.2. The number of hydrogen-bond donors (Lipinski definition) is 2. The van der Waals surface area contributed by atoms with Crippen molar-refractivity contribution in [3.63, 3.8) is 0 Å². The Labute approximate surface area is 211 Å². The Kier molecular flexibility index (Phi) is 6.93. The molecule has 1 saturated heterocycles. The molecule has 0 spiro atoms. The van der Waals surface area contributed by atoms with Crippen molar-refractivity contribution in [2.45, 2.75) is 32.7 Å². The number of thiophene rings is 1. The van der Waals surface area contributed by atoms with Crippen molar-refractivity contribution in [3.8, 4) is 11.1 Å². The third-order valence-corrected chi connectivity index (χ3v) is 7.22. The van der Waals surface area contributed by atoms with Gasteiger partial charge in [-0.25, -0.2) is 4.98 Å². The lowest BCUT2D eigenvalue weighted by Crippen LogP contribution is -2.18. The number of aryl methyl sites for hydroxylation is 1. The molecule has 0 radical (unpaired) electrons. The highest BCUT2D eigenvalue weighted by atomic mass is 32.1. The molecule has 0 unspecified atom stereocenters. The largest absolute Gasteiger partial charge is 0.398 e. The lowest BCUT2D eigenvalue weighted by Gasteiger charge is -2.15. The summed E-state index contributed by atoms with van der Waals surface area (Å²) in [6.45, 7) is 9.27. The summed E-state index contributed by atoms with van der Waals surface area (Å²) in [6.07, 6.45) is 11.0. The predicted octanol–water partition coefficient (Wildman–Crippen LogP) is 6.23. The van der Waals surface area contributed by atoms with Crippen LogP contribution in [0.25, 0.3) is 16.7 Å². The van der Waals surface area contributed by atoms with E-state index in [1.807, 2.05) is 30.6 Å². The molecule has 0 bridgehead atoms. The van der Waals surface area contributed by atoms with Gasteiger partial charge in [-0.15, -0.1) is 0 Å². The van der Waals surface area contributed by atoms with Gasteiger partial charge in [-0.05, 0) is 90.1 Å². The first-order valence-corrected chi connectivity index (χ1v) is 13.0. The van der Waals surface area contributed by atoms with Gasteiger partial charge >= 0.3 is 0 Å². The number of nitrogen functional groups attached to an aromatic ring is 1. The number of aromatic amines is 1. The van der Waals surface area contributed by atoms with Gasteiger partial charge in [-0.2, -0.15) is 11.3 Å². The van der Waals surface area contributed by atoms with Crippen LogP contribution in [0.4, 0.5) is 5.69 Å². The van der Waals surface area contributed by atoms with Crippen LogP contribution in [0.1, 0.15) is 46.7 Å². The number of anilines is 1. The third kappa shape index (κ3) is 5.29. The van der Waals surface area contributed by atoms with Gasteiger partial charge in [0.2, 0.25) is 0 Å². The van der Waals surface area contributed by atoms with Gasteiger partial charge in [0, 0.05) is 47.9 Å². The van der Waals surface area contributed by atoms with E-state index in [0.717, 1.165) is 57.3 Å². The number of nitrogens with zero attached hydrogens (tertiary/aromatic N) is 3. The van der Waals surface area contributed by atoms with Crippen LogP contribution in [0, 0.1) is 6.92 Å². The molecule has 1 aliphatic rings. The normalized spacial score (nSPS) is 14.5. The summed E-state index contributed by atoms with van der Waals surface area (Å²) < 4.78 is 0. The molecular formula is C29H31N5S. The molecular weight excluding hydrogens is 450 g/mol. The minimum Gasteiger partial charge on any atom is -0.398 e. The molecule has 1 aliphatic heterocycles. The molecule has 0 saturated carbocycles. The molecule has 5 nitrogen and oxygen atoms in total. The lowest BCUT2D eigenvalue weighted by atomic mass is 10.0. The highest BCUT2D eigenvalue weighted by Crippen LogP contribution is 2.29. The molecule has 5 rings (SSSR count). The summed E-state index contributed by atoms with van der Waals surface area (Å²) in [4.78, 5) is 15.5. The standard InChI is InChI=1S/C29H31N5S/c1-3-6-26(23-9-12-35-19-23)29-20(2)32-28(33-29)15-24-14-22(7-8-27(24)30)25-13-21(16-31-17-25)18-34-10-4-5-11-34/h3,6-9,12-14,16-17,19H,1,4-5,10-11,15,18,30H2,2H3,(H,32,33)/b26-6-. The quantitative estimate of drug-likeness (QED) is 0.231. The third-order valence-electron chi connectivity index (χ3n) is 6.54. The zero-order valence-corrected chi connectivity index (χ0v) is 20.9. The zero-order valence-electron chi connectivity index (χ0n) is 20.1. The minimum atomic E-state index is 0.631. The Morgan fingerprint density at radius 2 is 2.03 bits per heavy atom. The maximum atomic E-state index is 6.40. The summed E-state index contributed by atoms with van der Waals surface area (Å²) >= 11 is 1.68. The van der Waals surface area contributed by atoms with Crippen LogP contribution < -0.4 is 5.73 Å². The number of benzene rings is 1. The number of rotatable bonds is 8. The molecule has 0 amide bonds. The van der Waals surface area contributed by atoms with Gasteiger partial charge < -0.3 is 10.7 Å². The topological polar surface area (TPSA) is 70.8 Å². The monoisotopic (exact) mass is 481 g/mol. The fourth-order valence-corrected chi connectivity index (χ4v) is 5.42. The highest BCUT2D eigenvalue weighted by molar-refractivity contribution is 7.08. The first kappa shape index (κ1) is 23.3. The molecule has 0 aliphatic carbocycles. The maximum Gasteiger partial charge on any atom is 0.111 e. The lowest BCUT2D eigenvalue weighted by molar-refractivity contribution is 0.331. The summed E-state index contributed by atoms with van der Waals surface area (Å²) in [5.41, 5.74) is 15.9. The second-order valence-electron chi connectivity index (χ2n) is 9.14. The van der Waals surface area contributed by atoms with Crippen molar-refractivity contribution >= 4 is 22.6 Å². The summed E-state index contributed by atoms with van der Waals surface area (Å²) in [5.74, 6) is 0.896. The summed E-state index contributed by atoms with van der Waals surface area (Å²) in [6, 6.07) is 10.6. The van der Waals surface area contributed by atoms with E-state index in [2.05, 4.69) is 63.4 Å². The fourth-order valence-electron chi connectivity index (χ4n) is 4.77. The molecule has 3 aromatic heterocycles. The van der Waals surface area contributed by atoms with Crippen LogP contribution in [0.3, 0.4) is 0 Å². The van der Waals surface area contributed by atoms with E-state index in [4.69, 9.17) is 10.7 Å². The van der Waals surface area contributed by atoms with Crippen molar-refractivity contribution < 1.29 is 0 Å². The molecule has 3 N–H and O–H groups in total. The average molecular weight is 482 g/mol. The maximum absolute atomic E-state index is 6.40. The number of allylic oxidation sites excluding steroid dienone is 2. The Hall–Kier alpha value is -3.48. The highest BCUT2D eigenvalue weighted by Gasteiger charge is 2.16. The molecule has 1 fully saturated rings. The van der Waals surface area contributed by atoms with E-state index in [1.165, 1.54) is 31.5 Å². The van der Waals surface area contributed by atoms with Crippen LogP contribution in [0.5, 0.6) is 0 Å². The van der Waals surface area contributed by atoms with E-state index in [9.17, 15) is 0 Å². The molecule has 4 aromatic rings. The van der Waals surface area contributed by atoms with E-state index >= 15 is 0 Å². The van der Waals surface area contributed by atoms with E-state index < -0.39 is 0 Å². The number of imidazole rings is 1. The number of pyridine rings is 1. The van der Waals surface area contributed by atoms with Gasteiger partial charge in [-0.3, -0.25) is 9.88 Å². The van der Waals surface area contributed by atoms with Crippen molar-refractivity contribution in [2.24, 2.45) is 0 Å². The van der Waals surface area contributed by atoms with E-state index in [-0.39, 0.29) is 0 Å². The van der Waals surface area contributed by atoms with Crippen molar-refractivity contribution in [1.82, 2.24) is 19.9 Å². The molecule has 1 aromatic carbocycles. The molecule has 35 heavy (non-hydrogen) atoms. The Bertz CT molecular complexity index is 1340. The average Bonchev–Trinajstić information content (AvgIpc) is 3.63. The van der Waals surface area contributed by atoms with Crippen molar-refractivity contribution in [2.75, 3.05) is 18.8 Å². The first-order chi connectivity index (χ1) is 17.1. The number of nitrogens with one attached hydrogen (secondary N) is 1. The van der Waals surface area contributed by atoms with E-state index in [1.54, 1.807) is 11.3 Å². The first-order valence-electron chi connectivity index (χ1n) is 12.1. The summed E-state index contributed by atoms with van der Waals surface area (Å²) in [7, 11) is 0. The number of nitrogens with two attached hydrogens (primary N) is 1. The smallest absolute Gasteiger partial charge is 0.111 e.